The van der Waals surface area contributed by atoms with Gasteiger partial charge in [-0.25, -0.2) is 0 Å². The van der Waals surface area contributed by atoms with Crippen LogP contribution in [0.2, 0.25) is 0 Å². The summed E-state index contributed by atoms with van der Waals surface area (Å²) in [7, 11) is 2.02. The van der Waals surface area contributed by atoms with Crippen LogP contribution in [0.15, 0.2) is 52.3 Å². The van der Waals surface area contributed by atoms with Gasteiger partial charge in [-0.2, -0.15) is 0 Å². The number of hydrogen-bond donors (Lipinski definition) is 1. The van der Waals surface area contributed by atoms with Gasteiger partial charge in [0, 0.05) is 9.17 Å². The first-order valence-electron chi connectivity index (χ1n) is 6.60. The minimum Gasteiger partial charge on any atom is -0.309 e. The minimum absolute atomic E-state index is 0.209. The maximum Gasteiger partial charge on any atom is 0.0599 e. The predicted molar refractivity (Wildman–Crippen MR) is 91.6 cm³/mol. The zero-order valence-corrected chi connectivity index (χ0v) is 13.9. The monoisotopic (exact) mass is 345 g/mol. The SMILES string of the molecule is CNC(c1cccc(C)c1Br)c1csc2ccccc12. The van der Waals surface area contributed by atoms with Crippen LogP contribution in [0.5, 0.6) is 0 Å². The number of hydrogen-bond acceptors (Lipinski definition) is 2. The third kappa shape index (κ3) is 2.30. The average molecular weight is 346 g/mol. The van der Waals surface area contributed by atoms with Crippen molar-refractivity contribution in [3.8, 4) is 0 Å². The largest absolute Gasteiger partial charge is 0.309 e. The van der Waals surface area contributed by atoms with Crippen LogP contribution in [-0.2, 0) is 0 Å². The van der Waals surface area contributed by atoms with Crippen molar-refractivity contribution in [1.82, 2.24) is 5.32 Å². The van der Waals surface area contributed by atoms with E-state index in [1.807, 2.05) is 18.4 Å². The highest BCUT2D eigenvalue weighted by Crippen LogP contribution is 2.36. The Labute approximate surface area is 131 Å². The smallest absolute Gasteiger partial charge is 0.0599 e. The Morgan fingerprint density at radius 1 is 1.05 bits per heavy atom. The molecular formula is C17H16BrNS. The van der Waals surface area contributed by atoms with Crippen molar-refractivity contribution in [3.63, 3.8) is 0 Å². The number of halogens is 1. The standard InChI is InChI=1S/C17H16BrNS/c1-11-6-5-8-13(16(11)18)17(19-2)14-10-20-15-9-4-3-7-12(14)15/h3-10,17,19H,1-2H3. The molecule has 3 heteroatoms. The van der Waals surface area contributed by atoms with Crippen LogP contribution in [0.4, 0.5) is 0 Å². The van der Waals surface area contributed by atoms with Crippen LogP contribution in [-0.4, -0.2) is 7.05 Å². The zero-order chi connectivity index (χ0) is 14.1. The first-order valence-corrected chi connectivity index (χ1v) is 8.28. The van der Waals surface area contributed by atoms with Gasteiger partial charge in [0.1, 0.15) is 0 Å². The fourth-order valence-corrected chi connectivity index (χ4v) is 4.07. The van der Waals surface area contributed by atoms with Crippen LogP contribution in [0, 0.1) is 6.92 Å². The molecule has 0 aliphatic rings. The molecule has 0 saturated heterocycles. The highest BCUT2D eigenvalue weighted by molar-refractivity contribution is 9.10. The fourth-order valence-electron chi connectivity index (χ4n) is 2.59. The molecule has 3 rings (SSSR count). The summed E-state index contributed by atoms with van der Waals surface area (Å²) >= 11 is 5.54. The van der Waals surface area contributed by atoms with Crippen molar-refractivity contribution in [3.05, 3.63) is 69.0 Å². The van der Waals surface area contributed by atoms with E-state index in [1.165, 1.54) is 31.2 Å². The van der Waals surface area contributed by atoms with Gasteiger partial charge in [0.15, 0.2) is 0 Å². The highest BCUT2D eigenvalue weighted by atomic mass is 79.9. The molecular weight excluding hydrogens is 330 g/mol. The second-order valence-electron chi connectivity index (χ2n) is 4.89. The third-order valence-electron chi connectivity index (χ3n) is 3.64. The highest BCUT2D eigenvalue weighted by Gasteiger charge is 2.18. The van der Waals surface area contributed by atoms with Crippen molar-refractivity contribution in [2.75, 3.05) is 7.05 Å². The Hall–Kier alpha value is -1.16. The summed E-state index contributed by atoms with van der Waals surface area (Å²) in [6, 6.07) is 15.2. The molecule has 1 atom stereocenters. The molecule has 0 bridgehead atoms. The molecule has 1 heterocycles. The zero-order valence-electron chi connectivity index (χ0n) is 11.5. The Morgan fingerprint density at radius 2 is 1.85 bits per heavy atom. The lowest BCUT2D eigenvalue weighted by atomic mass is 9.97. The van der Waals surface area contributed by atoms with Crippen molar-refractivity contribution in [2.45, 2.75) is 13.0 Å². The van der Waals surface area contributed by atoms with Gasteiger partial charge in [-0.1, -0.05) is 52.3 Å². The van der Waals surface area contributed by atoms with Crippen molar-refractivity contribution >= 4 is 37.4 Å². The summed E-state index contributed by atoms with van der Waals surface area (Å²) < 4.78 is 2.53. The average Bonchev–Trinajstić information content (AvgIpc) is 2.88. The molecule has 0 amide bonds. The van der Waals surface area contributed by atoms with E-state index < -0.39 is 0 Å². The molecule has 0 aliphatic carbocycles. The van der Waals surface area contributed by atoms with Crippen molar-refractivity contribution < 1.29 is 0 Å². The molecule has 2 aromatic carbocycles. The van der Waals surface area contributed by atoms with E-state index >= 15 is 0 Å². The normalized spacial score (nSPS) is 12.8. The van der Waals surface area contributed by atoms with Gasteiger partial charge in [0.05, 0.1) is 6.04 Å². The van der Waals surface area contributed by atoms with Crippen LogP contribution in [0.3, 0.4) is 0 Å². The Kier molecular flexibility index (Phi) is 3.92. The summed E-state index contributed by atoms with van der Waals surface area (Å²) in [5.74, 6) is 0. The first-order chi connectivity index (χ1) is 9.72. The number of nitrogens with one attached hydrogen (secondary N) is 1. The van der Waals surface area contributed by atoms with Crippen molar-refractivity contribution in [2.24, 2.45) is 0 Å². The summed E-state index contributed by atoms with van der Waals surface area (Å²) in [5, 5.41) is 7.06. The van der Waals surface area contributed by atoms with Gasteiger partial charge < -0.3 is 5.32 Å². The molecule has 0 radical (unpaired) electrons. The lowest BCUT2D eigenvalue weighted by Gasteiger charge is -2.19. The van der Waals surface area contributed by atoms with Gasteiger partial charge in [-0.15, -0.1) is 11.3 Å². The molecule has 1 aromatic heterocycles. The molecule has 0 spiro atoms. The summed E-state index contributed by atoms with van der Waals surface area (Å²) in [6.45, 7) is 2.13. The Balaban J connectivity index is 2.17. The molecule has 20 heavy (non-hydrogen) atoms. The maximum atomic E-state index is 3.73. The molecule has 1 N–H and O–H groups in total. The summed E-state index contributed by atoms with van der Waals surface area (Å²) in [5.41, 5.74) is 3.90. The van der Waals surface area contributed by atoms with E-state index in [0.717, 1.165) is 0 Å². The van der Waals surface area contributed by atoms with E-state index in [-0.39, 0.29) is 6.04 Å². The maximum absolute atomic E-state index is 3.73. The van der Waals surface area contributed by atoms with Crippen LogP contribution in [0.1, 0.15) is 22.7 Å². The fraction of sp³-hybridized carbons (Fsp3) is 0.176. The van der Waals surface area contributed by atoms with Crippen LogP contribution < -0.4 is 5.32 Å². The number of fused-ring (bicyclic) bond motifs is 1. The van der Waals surface area contributed by atoms with Gasteiger partial charge in [0.25, 0.3) is 0 Å². The summed E-state index contributed by atoms with van der Waals surface area (Å²) in [6.07, 6.45) is 0. The molecule has 0 fully saturated rings. The van der Waals surface area contributed by atoms with E-state index in [9.17, 15) is 0 Å². The lowest BCUT2D eigenvalue weighted by Crippen LogP contribution is -2.18. The second kappa shape index (κ2) is 5.68. The van der Waals surface area contributed by atoms with Crippen molar-refractivity contribution in [1.29, 1.82) is 0 Å². The number of thiophene rings is 1. The van der Waals surface area contributed by atoms with Gasteiger partial charge in [0.2, 0.25) is 0 Å². The minimum atomic E-state index is 0.209. The number of aryl methyl sites for hydroxylation is 1. The Bertz CT molecular complexity index is 748. The number of rotatable bonds is 3. The topological polar surface area (TPSA) is 12.0 Å². The molecule has 3 aromatic rings. The van der Waals surface area contributed by atoms with Crippen LogP contribution >= 0.6 is 27.3 Å². The molecule has 1 nitrogen and oxygen atoms in total. The lowest BCUT2D eigenvalue weighted by molar-refractivity contribution is 0.695. The van der Waals surface area contributed by atoms with E-state index in [2.05, 4.69) is 76.0 Å². The molecule has 0 aliphatic heterocycles. The number of benzene rings is 2. The molecule has 0 saturated carbocycles. The first kappa shape index (κ1) is 13.8. The van der Waals surface area contributed by atoms with Gasteiger partial charge in [-0.05, 0) is 47.5 Å². The Morgan fingerprint density at radius 3 is 2.65 bits per heavy atom. The second-order valence-corrected chi connectivity index (χ2v) is 6.59. The van der Waals surface area contributed by atoms with Crippen LogP contribution in [0.25, 0.3) is 10.1 Å². The van der Waals surface area contributed by atoms with Gasteiger partial charge in [-0.3, -0.25) is 0 Å². The third-order valence-corrected chi connectivity index (χ3v) is 5.71. The predicted octanol–water partition coefficient (Wildman–Crippen LogP) is 5.28. The van der Waals surface area contributed by atoms with Gasteiger partial charge >= 0.3 is 0 Å². The van der Waals surface area contributed by atoms with E-state index in [0.29, 0.717) is 0 Å². The molecule has 1 unspecified atom stereocenters. The van der Waals surface area contributed by atoms with E-state index in [4.69, 9.17) is 0 Å². The van der Waals surface area contributed by atoms with E-state index in [1.54, 1.807) is 0 Å². The summed E-state index contributed by atoms with van der Waals surface area (Å²) in [4.78, 5) is 0. The quantitative estimate of drug-likeness (QED) is 0.680. The molecule has 102 valence electrons.